The average Bonchev–Trinajstić information content (AvgIpc) is 2.43. The van der Waals surface area contributed by atoms with Gasteiger partial charge in [0.15, 0.2) is 17.5 Å². The van der Waals surface area contributed by atoms with Crippen molar-refractivity contribution in [2.24, 2.45) is 5.84 Å². The molecule has 0 aliphatic carbocycles. The van der Waals surface area contributed by atoms with Gasteiger partial charge in [0.1, 0.15) is 5.03 Å². The first-order valence-corrected chi connectivity index (χ1v) is 6.69. The van der Waals surface area contributed by atoms with Gasteiger partial charge in [0.2, 0.25) is 5.91 Å². The molecule has 0 aliphatic rings. The molecule has 5 nitrogen and oxygen atoms in total. The first-order valence-electron chi connectivity index (χ1n) is 5.87. The lowest BCUT2D eigenvalue weighted by molar-refractivity contribution is -0.114. The van der Waals surface area contributed by atoms with Gasteiger partial charge >= 0.3 is 0 Å². The van der Waals surface area contributed by atoms with Crippen LogP contribution in [0.15, 0.2) is 40.3 Å². The number of halogens is 2. The molecule has 0 atom stereocenters. The number of hydrogen-bond acceptors (Lipinski definition) is 5. The molecule has 1 amide bonds. The largest absolute Gasteiger partial charge is 0.326 e. The summed E-state index contributed by atoms with van der Waals surface area (Å²) in [7, 11) is 0. The van der Waals surface area contributed by atoms with E-state index in [9.17, 15) is 13.6 Å². The van der Waals surface area contributed by atoms with Crippen molar-refractivity contribution in [3.05, 3.63) is 42.0 Å². The van der Waals surface area contributed by atoms with Crippen molar-refractivity contribution in [1.29, 1.82) is 0 Å². The van der Waals surface area contributed by atoms with Crippen LogP contribution in [0.1, 0.15) is 6.92 Å². The van der Waals surface area contributed by atoms with Crippen LogP contribution in [0.4, 0.5) is 20.3 Å². The molecule has 21 heavy (non-hydrogen) atoms. The van der Waals surface area contributed by atoms with Gasteiger partial charge in [0, 0.05) is 23.6 Å². The summed E-state index contributed by atoms with van der Waals surface area (Å²) in [6, 6.07) is 7.45. The van der Waals surface area contributed by atoms with Crippen molar-refractivity contribution in [3.63, 3.8) is 0 Å². The summed E-state index contributed by atoms with van der Waals surface area (Å²) in [5, 5.41) is 2.62. The number of nitrogens with one attached hydrogen (secondary N) is 2. The highest BCUT2D eigenvalue weighted by molar-refractivity contribution is 7.99. The van der Waals surface area contributed by atoms with Crippen LogP contribution >= 0.6 is 11.8 Å². The van der Waals surface area contributed by atoms with E-state index in [-0.39, 0.29) is 16.8 Å². The second-order valence-corrected chi connectivity index (χ2v) is 5.12. The molecule has 0 bridgehead atoms. The van der Waals surface area contributed by atoms with Crippen molar-refractivity contribution in [3.8, 4) is 0 Å². The van der Waals surface area contributed by atoms with Gasteiger partial charge in [-0.3, -0.25) is 4.79 Å². The maximum Gasteiger partial charge on any atom is 0.221 e. The Bertz CT molecular complexity index is 664. The molecule has 0 saturated heterocycles. The molecule has 8 heteroatoms. The number of benzene rings is 1. The summed E-state index contributed by atoms with van der Waals surface area (Å²) in [4.78, 5) is 15.4. The Labute approximate surface area is 123 Å². The Hall–Kier alpha value is -2.19. The number of carbonyl (C=O) groups is 1. The van der Waals surface area contributed by atoms with Crippen LogP contribution < -0.4 is 16.6 Å². The standard InChI is InChI=1S/C13H12F2N4OS/c1-7(20)17-8-2-4-9(5-3-8)21-13-11(15)6-10(14)12(18-13)19-16/h2-6H,16H2,1H3,(H,17,20)(H,18,19). The van der Waals surface area contributed by atoms with E-state index in [0.717, 1.165) is 17.8 Å². The minimum atomic E-state index is -0.861. The van der Waals surface area contributed by atoms with Gasteiger partial charge in [-0.1, -0.05) is 11.8 Å². The van der Waals surface area contributed by atoms with Crippen molar-refractivity contribution in [2.45, 2.75) is 16.8 Å². The molecule has 0 saturated carbocycles. The summed E-state index contributed by atoms with van der Waals surface area (Å²) in [5.41, 5.74) is 2.69. The summed E-state index contributed by atoms with van der Waals surface area (Å²) >= 11 is 1.02. The zero-order valence-electron chi connectivity index (χ0n) is 11.0. The number of nitrogens with two attached hydrogens (primary N) is 1. The number of aromatic nitrogens is 1. The molecule has 0 fully saturated rings. The van der Waals surface area contributed by atoms with Crippen LogP contribution in [0.25, 0.3) is 0 Å². The van der Waals surface area contributed by atoms with Crippen molar-refractivity contribution < 1.29 is 13.6 Å². The zero-order valence-corrected chi connectivity index (χ0v) is 11.8. The fourth-order valence-corrected chi connectivity index (χ4v) is 2.33. The fourth-order valence-electron chi connectivity index (χ4n) is 1.54. The van der Waals surface area contributed by atoms with Crippen LogP contribution in [-0.2, 0) is 4.79 Å². The Morgan fingerprint density at radius 1 is 1.24 bits per heavy atom. The lowest BCUT2D eigenvalue weighted by Crippen LogP contribution is -2.11. The summed E-state index contributed by atoms with van der Waals surface area (Å²) in [6.45, 7) is 1.40. The van der Waals surface area contributed by atoms with Gasteiger partial charge in [-0.05, 0) is 24.3 Å². The summed E-state index contributed by atoms with van der Waals surface area (Å²) in [6.07, 6.45) is 0. The Morgan fingerprint density at radius 2 is 1.90 bits per heavy atom. The van der Waals surface area contributed by atoms with E-state index in [1.807, 2.05) is 0 Å². The van der Waals surface area contributed by atoms with Gasteiger partial charge in [-0.2, -0.15) is 0 Å². The number of hydrogen-bond donors (Lipinski definition) is 3. The molecule has 0 radical (unpaired) electrons. The second kappa shape index (κ2) is 6.51. The number of carbonyl (C=O) groups excluding carboxylic acids is 1. The van der Waals surface area contributed by atoms with Crippen LogP contribution in [0.2, 0.25) is 0 Å². The summed E-state index contributed by atoms with van der Waals surface area (Å²) in [5.74, 6) is 3.06. The summed E-state index contributed by atoms with van der Waals surface area (Å²) < 4.78 is 26.9. The van der Waals surface area contributed by atoms with E-state index in [1.54, 1.807) is 24.3 Å². The molecule has 2 rings (SSSR count). The van der Waals surface area contributed by atoms with Crippen molar-refractivity contribution >= 4 is 29.2 Å². The zero-order chi connectivity index (χ0) is 15.4. The molecule has 4 N–H and O–H groups in total. The third-order valence-electron chi connectivity index (χ3n) is 2.42. The molecule has 0 aliphatic heterocycles. The molecule has 0 unspecified atom stereocenters. The number of rotatable bonds is 4. The van der Waals surface area contributed by atoms with Crippen LogP contribution in [0, 0.1) is 11.6 Å². The SMILES string of the molecule is CC(=O)Nc1ccc(Sc2nc(NN)c(F)cc2F)cc1. The number of amides is 1. The molecule has 1 aromatic heterocycles. The highest BCUT2D eigenvalue weighted by Crippen LogP contribution is 2.30. The van der Waals surface area contributed by atoms with Crippen LogP contribution in [0.5, 0.6) is 0 Å². The third-order valence-corrected chi connectivity index (χ3v) is 3.41. The molecule has 1 heterocycles. The first-order chi connectivity index (χ1) is 9.99. The van der Waals surface area contributed by atoms with Gasteiger partial charge in [-0.15, -0.1) is 0 Å². The Balaban J connectivity index is 2.20. The normalized spacial score (nSPS) is 10.3. The maximum atomic E-state index is 13.7. The van der Waals surface area contributed by atoms with E-state index in [4.69, 9.17) is 5.84 Å². The Morgan fingerprint density at radius 3 is 2.48 bits per heavy atom. The highest BCUT2D eigenvalue weighted by atomic mass is 32.2. The maximum absolute atomic E-state index is 13.7. The van der Waals surface area contributed by atoms with Gasteiger partial charge in [-0.25, -0.2) is 19.6 Å². The average molecular weight is 310 g/mol. The highest BCUT2D eigenvalue weighted by Gasteiger charge is 2.12. The van der Waals surface area contributed by atoms with E-state index >= 15 is 0 Å². The predicted molar refractivity (Wildman–Crippen MR) is 76.8 cm³/mol. The smallest absolute Gasteiger partial charge is 0.221 e. The number of hydrazine groups is 1. The lowest BCUT2D eigenvalue weighted by Gasteiger charge is -2.07. The van der Waals surface area contributed by atoms with E-state index in [0.29, 0.717) is 10.6 Å². The number of nitrogens with zero attached hydrogens (tertiary/aromatic N) is 1. The Kier molecular flexibility index (Phi) is 4.71. The molecule has 2 aromatic rings. The molecular weight excluding hydrogens is 298 g/mol. The number of nitrogen functional groups attached to an aromatic ring is 1. The third kappa shape index (κ3) is 3.89. The van der Waals surface area contributed by atoms with Crippen LogP contribution in [-0.4, -0.2) is 10.9 Å². The predicted octanol–water partition coefficient (Wildman–Crippen LogP) is 2.75. The number of pyridine rings is 1. The van der Waals surface area contributed by atoms with Gasteiger partial charge < -0.3 is 10.7 Å². The topological polar surface area (TPSA) is 80.0 Å². The van der Waals surface area contributed by atoms with E-state index in [2.05, 4.69) is 15.7 Å². The molecule has 0 spiro atoms. The minimum absolute atomic E-state index is 0.00312. The molecular formula is C13H12F2N4OS. The monoisotopic (exact) mass is 310 g/mol. The second-order valence-electron chi connectivity index (χ2n) is 4.06. The quantitative estimate of drug-likeness (QED) is 0.598. The van der Waals surface area contributed by atoms with E-state index in [1.165, 1.54) is 6.92 Å². The van der Waals surface area contributed by atoms with Gasteiger partial charge in [0.05, 0.1) is 0 Å². The van der Waals surface area contributed by atoms with E-state index < -0.39 is 11.6 Å². The van der Waals surface area contributed by atoms with Gasteiger partial charge in [0.25, 0.3) is 0 Å². The lowest BCUT2D eigenvalue weighted by atomic mass is 10.3. The minimum Gasteiger partial charge on any atom is -0.326 e. The van der Waals surface area contributed by atoms with Crippen LogP contribution in [0.3, 0.4) is 0 Å². The van der Waals surface area contributed by atoms with Crippen molar-refractivity contribution in [2.75, 3.05) is 10.7 Å². The molecule has 1 aromatic carbocycles. The number of anilines is 2. The molecule has 110 valence electrons. The first kappa shape index (κ1) is 15.2. The van der Waals surface area contributed by atoms with Crippen molar-refractivity contribution in [1.82, 2.24) is 4.98 Å². The fraction of sp³-hybridized carbons (Fsp3) is 0.0769.